The first-order valence-electron chi connectivity index (χ1n) is 4.79. The monoisotopic (exact) mass is 214 g/mol. The summed E-state index contributed by atoms with van der Waals surface area (Å²) in [5.41, 5.74) is 0.850. The number of rotatable bonds is 3. The van der Waals surface area contributed by atoms with Gasteiger partial charge in [0.05, 0.1) is 18.9 Å². The molecule has 14 heavy (non-hydrogen) atoms. The van der Waals surface area contributed by atoms with Crippen molar-refractivity contribution in [3.8, 4) is 0 Å². The lowest BCUT2D eigenvalue weighted by atomic mass is 9.79. The molecule has 0 amide bonds. The van der Waals surface area contributed by atoms with Gasteiger partial charge in [0.1, 0.15) is 0 Å². The van der Waals surface area contributed by atoms with Crippen LogP contribution in [0.2, 0.25) is 0 Å². The average molecular weight is 214 g/mol. The van der Waals surface area contributed by atoms with Crippen molar-refractivity contribution in [1.29, 1.82) is 0 Å². The van der Waals surface area contributed by atoms with E-state index in [-0.39, 0.29) is 12.0 Å². The Bertz CT molecular complexity index is 270. The van der Waals surface area contributed by atoms with E-state index in [1.165, 1.54) is 11.5 Å². The van der Waals surface area contributed by atoms with Crippen LogP contribution in [0.5, 0.6) is 0 Å². The van der Waals surface area contributed by atoms with Crippen LogP contribution >= 0.6 is 11.5 Å². The maximum Gasteiger partial charge on any atom is 0.0762 e. The van der Waals surface area contributed by atoms with Crippen LogP contribution < -0.4 is 0 Å². The molecule has 1 aromatic rings. The lowest BCUT2D eigenvalue weighted by Gasteiger charge is -2.34. The highest BCUT2D eigenvalue weighted by Crippen LogP contribution is 2.31. The zero-order valence-electron chi connectivity index (χ0n) is 7.98. The Hall–Kier alpha value is -0.520. The maximum absolute atomic E-state index is 9.42. The third-order valence-electron chi connectivity index (χ3n) is 2.70. The third kappa shape index (κ3) is 2.10. The summed E-state index contributed by atoms with van der Waals surface area (Å²) < 4.78 is 9.24. The molecule has 0 aliphatic carbocycles. The van der Waals surface area contributed by atoms with Crippen LogP contribution in [0, 0.1) is 5.41 Å². The minimum Gasteiger partial charge on any atom is -0.396 e. The number of aliphatic hydroxyl groups is 1. The standard InChI is InChI=1S/C9H14N2O2S/c12-6-9(2-1-3-13-7-9)4-8-5-14-11-10-8/h5,12H,1-4,6-7H2. The van der Waals surface area contributed by atoms with Crippen LogP contribution in [0.25, 0.3) is 0 Å². The van der Waals surface area contributed by atoms with E-state index in [2.05, 4.69) is 9.59 Å². The maximum atomic E-state index is 9.42. The summed E-state index contributed by atoms with van der Waals surface area (Å²) in [6.07, 6.45) is 2.82. The van der Waals surface area contributed by atoms with Gasteiger partial charge in [-0.1, -0.05) is 4.49 Å². The number of aliphatic hydroxyl groups excluding tert-OH is 1. The second-order valence-electron chi connectivity index (χ2n) is 3.89. The summed E-state index contributed by atoms with van der Waals surface area (Å²) in [5, 5.41) is 15.4. The van der Waals surface area contributed by atoms with Gasteiger partial charge in [0.2, 0.25) is 0 Å². The lowest BCUT2D eigenvalue weighted by Crippen LogP contribution is -2.37. The summed E-state index contributed by atoms with van der Waals surface area (Å²) >= 11 is 1.35. The van der Waals surface area contributed by atoms with Gasteiger partial charge < -0.3 is 9.84 Å². The summed E-state index contributed by atoms with van der Waals surface area (Å²) in [6, 6.07) is 0. The van der Waals surface area contributed by atoms with Gasteiger partial charge in [-0.3, -0.25) is 0 Å². The smallest absolute Gasteiger partial charge is 0.0762 e. The van der Waals surface area contributed by atoms with E-state index in [0.29, 0.717) is 6.61 Å². The predicted molar refractivity (Wildman–Crippen MR) is 53.2 cm³/mol. The number of nitrogens with zero attached hydrogens (tertiary/aromatic N) is 2. The molecule has 1 aliphatic heterocycles. The quantitative estimate of drug-likeness (QED) is 0.811. The minimum atomic E-state index is -0.117. The molecule has 1 aliphatic rings. The minimum absolute atomic E-state index is 0.117. The van der Waals surface area contributed by atoms with E-state index in [1.807, 2.05) is 5.38 Å². The highest BCUT2D eigenvalue weighted by atomic mass is 32.1. The number of aromatic nitrogens is 2. The second-order valence-corrected chi connectivity index (χ2v) is 4.50. The zero-order valence-corrected chi connectivity index (χ0v) is 8.79. The molecule has 78 valence electrons. The van der Waals surface area contributed by atoms with Gasteiger partial charge in [-0.25, -0.2) is 0 Å². The average Bonchev–Trinajstić information content (AvgIpc) is 2.72. The molecule has 2 heterocycles. The topological polar surface area (TPSA) is 55.2 Å². The van der Waals surface area contributed by atoms with Crippen LogP contribution in [0.4, 0.5) is 0 Å². The highest BCUT2D eigenvalue weighted by molar-refractivity contribution is 7.03. The van der Waals surface area contributed by atoms with Crippen molar-refractivity contribution < 1.29 is 9.84 Å². The Morgan fingerprint density at radius 2 is 2.57 bits per heavy atom. The zero-order chi connectivity index (χ0) is 9.86. The van der Waals surface area contributed by atoms with Crippen molar-refractivity contribution in [3.63, 3.8) is 0 Å². The lowest BCUT2D eigenvalue weighted by molar-refractivity contribution is -0.0383. The molecule has 2 rings (SSSR count). The summed E-state index contributed by atoms with van der Waals surface area (Å²) in [7, 11) is 0. The Labute approximate surface area is 87.1 Å². The Morgan fingerprint density at radius 3 is 3.14 bits per heavy atom. The fourth-order valence-electron chi connectivity index (χ4n) is 1.88. The fourth-order valence-corrected chi connectivity index (χ4v) is 2.33. The number of hydrogen-bond donors (Lipinski definition) is 1. The van der Waals surface area contributed by atoms with Gasteiger partial charge in [-0.2, -0.15) is 0 Å². The second kappa shape index (κ2) is 4.33. The van der Waals surface area contributed by atoms with E-state index in [1.54, 1.807) is 0 Å². The number of hydrogen-bond acceptors (Lipinski definition) is 5. The first-order valence-corrected chi connectivity index (χ1v) is 5.63. The fraction of sp³-hybridized carbons (Fsp3) is 0.778. The van der Waals surface area contributed by atoms with E-state index in [4.69, 9.17) is 4.74 Å². The van der Waals surface area contributed by atoms with Crippen LogP contribution in [-0.4, -0.2) is 34.5 Å². The molecule has 1 unspecified atom stereocenters. The van der Waals surface area contributed by atoms with Gasteiger partial charge >= 0.3 is 0 Å². The highest BCUT2D eigenvalue weighted by Gasteiger charge is 2.33. The molecule has 1 aromatic heterocycles. The molecule has 0 aromatic carbocycles. The molecule has 5 heteroatoms. The molecule has 1 fully saturated rings. The van der Waals surface area contributed by atoms with Gasteiger partial charge in [-0.15, -0.1) is 5.10 Å². The Morgan fingerprint density at radius 1 is 1.64 bits per heavy atom. The number of ether oxygens (including phenoxy) is 1. The van der Waals surface area contributed by atoms with Crippen molar-refractivity contribution in [2.24, 2.45) is 5.41 Å². The molecule has 1 N–H and O–H groups in total. The van der Waals surface area contributed by atoms with Crippen molar-refractivity contribution in [2.45, 2.75) is 19.3 Å². The van der Waals surface area contributed by atoms with Gasteiger partial charge in [-0.05, 0) is 24.4 Å². The molecule has 0 bridgehead atoms. The molecule has 1 atom stereocenters. The van der Waals surface area contributed by atoms with Crippen molar-refractivity contribution in [1.82, 2.24) is 9.59 Å². The van der Waals surface area contributed by atoms with Crippen LogP contribution in [-0.2, 0) is 11.2 Å². The molecule has 1 saturated heterocycles. The van der Waals surface area contributed by atoms with Crippen molar-refractivity contribution in [3.05, 3.63) is 11.1 Å². The first kappa shape index (κ1) is 10.0. The van der Waals surface area contributed by atoms with Crippen LogP contribution in [0.1, 0.15) is 18.5 Å². The van der Waals surface area contributed by atoms with E-state index in [0.717, 1.165) is 31.6 Å². The van der Waals surface area contributed by atoms with E-state index >= 15 is 0 Å². The third-order valence-corrected chi connectivity index (χ3v) is 3.25. The van der Waals surface area contributed by atoms with E-state index < -0.39 is 0 Å². The Kier molecular flexibility index (Phi) is 3.10. The van der Waals surface area contributed by atoms with E-state index in [9.17, 15) is 5.11 Å². The summed E-state index contributed by atoms with van der Waals surface area (Å²) in [5.74, 6) is 0. The largest absolute Gasteiger partial charge is 0.396 e. The van der Waals surface area contributed by atoms with Gasteiger partial charge in [0.15, 0.2) is 0 Å². The van der Waals surface area contributed by atoms with Crippen LogP contribution in [0.15, 0.2) is 5.38 Å². The molecule has 0 radical (unpaired) electrons. The molecular formula is C9H14N2O2S. The normalized spacial score (nSPS) is 27.8. The van der Waals surface area contributed by atoms with Gasteiger partial charge in [0, 0.05) is 23.8 Å². The molecule has 4 nitrogen and oxygen atoms in total. The summed E-state index contributed by atoms with van der Waals surface area (Å²) in [4.78, 5) is 0. The van der Waals surface area contributed by atoms with Crippen LogP contribution in [0.3, 0.4) is 0 Å². The van der Waals surface area contributed by atoms with Crippen molar-refractivity contribution in [2.75, 3.05) is 19.8 Å². The Balaban J connectivity index is 2.04. The SMILES string of the molecule is OCC1(Cc2csnn2)CCCOC1. The molecular weight excluding hydrogens is 200 g/mol. The summed E-state index contributed by atoms with van der Waals surface area (Å²) in [6.45, 7) is 1.63. The first-order chi connectivity index (χ1) is 6.85. The molecule has 0 spiro atoms. The molecule has 0 saturated carbocycles. The predicted octanol–water partition coefficient (Wildman–Crippen LogP) is 0.870. The van der Waals surface area contributed by atoms with Crippen molar-refractivity contribution >= 4 is 11.5 Å². The van der Waals surface area contributed by atoms with Gasteiger partial charge in [0.25, 0.3) is 0 Å².